The molecule has 0 aliphatic carbocycles. The number of hydrogen-bond acceptors (Lipinski definition) is 4. The molecule has 0 spiro atoms. The summed E-state index contributed by atoms with van der Waals surface area (Å²) in [5.41, 5.74) is 2.23. The molecular formula is C19H20N2O4. The van der Waals surface area contributed by atoms with Crippen LogP contribution in [0.5, 0.6) is 5.75 Å². The van der Waals surface area contributed by atoms with Crippen molar-refractivity contribution in [1.29, 1.82) is 0 Å². The van der Waals surface area contributed by atoms with Crippen molar-refractivity contribution in [3.8, 4) is 5.75 Å². The van der Waals surface area contributed by atoms with Crippen LogP contribution in [0.25, 0.3) is 0 Å². The van der Waals surface area contributed by atoms with E-state index < -0.39 is 0 Å². The third-order valence-corrected chi connectivity index (χ3v) is 3.99. The van der Waals surface area contributed by atoms with Crippen LogP contribution >= 0.6 is 0 Å². The monoisotopic (exact) mass is 340 g/mol. The van der Waals surface area contributed by atoms with E-state index in [9.17, 15) is 9.59 Å². The van der Waals surface area contributed by atoms with Crippen molar-refractivity contribution >= 4 is 17.5 Å². The van der Waals surface area contributed by atoms with Crippen LogP contribution in [0, 0.1) is 0 Å². The van der Waals surface area contributed by atoms with Gasteiger partial charge in [0.15, 0.2) is 6.61 Å². The summed E-state index contributed by atoms with van der Waals surface area (Å²) < 4.78 is 5.44. The molecule has 2 amide bonds. The lowest BCUT2D eigenvalue weighted by atomic mass is 10.1. The third kappa shape index (κ3) is 3.97. The van der Waals surface area contributed by atoms with Crippen LogP contribution in [0.3, 0.4) is 0 Å². The number of amides is 2. The molecule has 130 valence electrons. The second-order valence-corrected chi connectivity index (χ2v) is 5.77. The van der Waals surface area contributed by atoms with Crippen molar-refractivity contribution in [2.45, 2.75) is 13.0 Å². The Morgan fingerprint density at radius 1 is 1.16 bits per heavy atom. The highest BCUT2D eigenvalue weighted by molar-refractivity contribution is 5.97. The van der Waals surface area contributed by atoms with E-state index in [0.29, 0.717) is 30.8 Å². The maximum atomic E-state index is 12.2. The summed E-state index contributed by atoms with van der Waals surface area (Å²) in [7, 11) is 0. The van der Waals surface area contributed by atoms with Crippen molar-refractivity contribution in [2.75, 3.05) is 24.7 Å². The van der Waals surface area contributed by atoms with Crippen LogP contribution in [0.2, 0.25) is 0 Å². The summed E-state index contributed by atoms with van der Waals surface area (Å²) in [6.45, 7) is 0.943. The number of para-hydroxylation sites is 2. The Labute approximate surface area is 146 Å². The van der Waals surface area contributed by atoms with Crippen molar-refractivity contribution in [2.24, 2.45) is 0 Å². The number of anilines is 1. The summed E-state index contributed by atoms with van der Waals surface area (Å²) in [6.07, 6.45) is 0.530. The number of rotatable bonds is 6. The molecule has 6 nitrogen and oxygen atoms in total. The fourth-order valence-corrected chi connectivity index (χ4v) is 2.65. The Balaban J connectivity index is 1.69. The number of nitrogens with zero attached hydrogens (tertiary/aromatic N) is 1. The number of aliphatic hydroxyl groups is 1. The summed E-state index contributed by atoms with van der Waals surface area (Å²) >= 11 is 0. The minimum absolute atomic E-state index is 0.0301. The number of carbonyl (C=O) groups is 2. The van der Waals surface area contributed by atoms with Crippen LogP contribution in [-0.2, 0) is 11.3 Å². The van der Waals surface area contributed by atoms with Gasteiger partial charge in [0.2, 0.25) is 0 Å². The van der Waals surface area contributed by atoms with Gasteiger partial charge in [-0.3, -0.25) is 9.59 Å². The Hall–Kier alpha value is -2.86. The zero-order chi connectivity index (χ0) is 17.6. The highest BCUT2D eigenvalue weighted by atomic mass is 16.5. The normalized spacial score (nSPS) is 13.2. The largest absolute Gasteiger partial charge is 0.482 e. The van der Waals surface area contributed by atoms with Gasteiger partial charge in [-0.05, 0) is 36.2 Å². The smallest absolute Gasteiger partial charge is 0.265 e. The fraction of sp³-hybridized carbons (Fsp3) is 0.263. The number of carbonyl (C=O) groups excluding carboxylic acids is 2. The van der Waals surface area contributed by atoms with E-state index >= 15 is 0 Å². The lowest BCUT2D eigenvalue weighted by Gasteiger charge is -2.29. The molecule has 1 aliphatic rings. The van der Waals surface area contributed by atoms with Gasteiger partial charge < -0.3 is 20.1 Å². The maximum Gasteiger partial charge on any atom is 0.265 e. The first kappa shape index (κ1) is 17.0. The quantitative estimate of drug-likeness (QED) is 0.785. The van der Waals surface area contributed by atoms with Crippen LogP contribution < -0.4 is 15.0 Å². The molecule has 25 heavy (non-hydrogen) atoms. The van der Waals surface area contributed by atoms with Crippen molar-refractivity contribution in [1.82, 2.24) is 5.32 Å². The van der Waals surface area contributed by atoms with E-state index in [1.807, 2.05) is 36.4 Å². The Morgan fingerprint density at radius 2 is 1.92 bits per heavy atom. The molecule has 3 rings (SSSR count). The second-order valence-electron chi connectivity index (χ2n) is 5.77. The molecule has 0 bridgehead atoms. The molecule has 0 aromatic heterocycles. The lowest BCUT2D eigenvalue weighted by molar-refractivity contribution is -0.121. The van der Waals surface area contributed by atoms with Crippen molar-refractivity contribution in [3.05, 3.63) is 59.7 Å². The third-order valence-electron chi connectivity index (χ3n) is 3.99. The van der Waals surface area contributed by atoms with Gasteiger partial charge in [0.05, 0.1) is 12.2 Å². The minimum Gasteiger partial charge on any atom is -0.482 e. The first-order chi connectivity index (χ1) is 12.2. The summed E-state index contributed by atoms with van der Waals surface area (Å²) in [6, 6.07) is 14.6. The minimum atomic E-state index is -0.173. The Morgan fingerprint density at radius 3 is 2.68 bits per heavy atom. The average Bonchev–Trinajstić information content (AvgIpc) is 2.65. The fourth-order valence-electron chi connectivity index (χ4n) is 2.65. The maximum absolute atomic E-state index is 12.2. The SMILES string of the molecule is O=C(NCCCO)c1ccc(CN2C(=O)COc3ccccc32)cc1. The van der Waals surface area contributed by atoms with E-state index in [0.717, 1.165) is 11.3 Å². The molecule has 0 saturated heterocycles. The van der Waals surface area contributed by atoms with Crippen LogP contribution in [0.1, 0.15) is 22.3 Å². The van der Waals surface area contributed by atoms with E-state index in [2.05, 4.69) is 5.32 Å². The van der Waals surface area contributed by atoms with Crippen molar-refractivity contribution < 1.29 is 19.4 Å². The van der Waals surface area contributed by atoms with Crippen LogP contribution in [-0.4, -0.2) is 36.7 Å². The molecule has 6 heteroatoms. The molecule has 0 saturated carbocycles. The van der Waals surface area contributed by atoms with Gasteiger partial charge in [-0.1, -0.05) is 24.3 Å². The van der Waals surface area contributed by atoms with Crippen molar-refractivity contribution in [3.63, 3.8) is 0 Å². The molecule has 2 N–H and O–H groups in total. The molecule has 0 radical (unpaired) electrons. The molecule has 0 unspecified atom stereocenters. The van der Waals surface area contributed by atoms with E-state index in [1.165, 1.54) is 0 Å². The predicted octanol–water partition coefficient (Wildman–Crippen LogP) is 1.72. The zero-order valence-corrected chi connectivity index (χ0v) is 13.8. The number of aliphatic hydroxyl groups excluding tert-OH is 1. The first-order valence-electron chi connectivity index (χ1n) is 8.19. The number of fused-ring (bicyclic) bond motifs is 1. The second kappa shape index (κ2) is 7.81. The molecular weight excluding hydrogens is 320 g/mol. The Bertz CT molecular complexity index is 758. The highest BCUT2D eigenvalue weighted by Crippen LogP contribution is 2.32. The molecule has 0 fully saturated rings. The van der Waals surface area contributed by atoms with Gasteiger partial charge >= 0.3 is 0 Å². The molecule has 1 aliphatic heterocycles. The van der Waals surface area contributed by atoms with Gasteiger partial charge in [0, 0.05) is 18.7 Å². The van der Waals surface area contributed by atoms with Gasteiger partial charge in [0.25, 0.3) is 11.8 Å². The van der Waals surface area contributed by atoms with Crippen LogP contribution in [0.15, 0.2) is 48.5 Å². The average molecular weight is 340 g/mol. The zero-order valence-electron chi connectivity index (χ0n) is 13.8. The molecule has 0 atom stereocenters. The number of nitrogens with one attached hydrogen (secondary N) is 1. The van der Waals surface area contributed by atoms with E-state index in [4.69, 9.17) is 9.84 Å². The van der Waals surface area contributed by atoms with Gasteiger partial charge in [0.1, 0.15) is 5.75 Å². The first-order valence-corrected chi connectivity index (χ1v) is 8.19. The van der Waals surface area contributed by atoms with E-state index in [1.54, 1.807) is 17.0 Å². The lowest BCUT2D eigenvalue weighted by Crippen LogP contribution is -2.38. The molecule has 2 aromatic rings. The van der Waals surface area contributed by atoms with Gasteiger partial charge in [-0.15, -0.1) is 0 Å². The standard InChI is InChI=1S/C19H20N2O4/c22-11-3-10-20-19(24)15-8-6-14(7-9-15)12-21-16-4-1-2-5-17(16)25-13-18(21)23/h1-2,4-9,22H,3,10-13H2,(H,20,24). The topological polar surface area (TPSA) is 78.9 Å². The number of benzene rings is 2. The number of hydrogen-bond donors (Lipinski definition) is 2. The van der Waals surface area contributed by atoms with Gasteiger partial charge in [-0.2, -0.15) is 0 Å². The highest BCUT2D eigenvalue weighted by Gasteiger charge is 2.25. The summed E-state index contributed by atoms with van der Waals surface area (Å²) in [5, 5.41) is 11.5. The number of ether oxygens (including phenoxy) is 1. The van der Waals surface area contributed by atoms with Crippen LogP contribution in [0.4, 0.5) is 5.69 Å². The van der Waals surface area contributed by atoms with E-state index in [-0.39, 0.29) is 25.0 Å². The van der Waals surface area contributed by atoms with Gasteiger partial charge in [-0.25, -0.2) is 0 Å². The predicted molar refractivity (Wildman–Crippen MR) is 93.6 cm³/mol. The molecule has 1 heterocycles. The summed E-state index contributed by atoms with van der Waals surface area (Å²) in [4.78, 5) is 25.9. The molecule has 2 aromatic carbocycles. The summed E-state index contributed by atoms with van der Waals surface area (Å²) in [5.74, 6) is 0.430. The Kier molecular flexibility index (Phi) is 5.30.